The molecule has 4 N–H and O–H groups in total. The Balaban J connectivity index is 2.64. The molecule has 0 aromatic carbocycles. The number of hydrogen-bond acceptors (Lipinski definition) is 4. The van der Waals surface area contributed by atoms with E-state index in [1.807, 2.05) is 6.92 Å². The van der Waals surface area contributed by atoms with Crippen molar-refractivity contribution >= 4 is 0 Å². The molecule has 0 aliphatic carbocycles. The first-order valence-electron chi connectivity index (χ1n) is 7.49. The molecule has 0 aromatic heterocycles. The molecule has 20 heavy (non-hydrogen) atoms. The van der Waals surface area contributed by atoms with E-state index in [0.29, 0.717) is 25.0 Å². The molecule has 2 aliphatic rings. The molecule has 2 rings (SSSR count). The van der Waals surface area contributed by atoms with Gasteiger partial charge in [-0.2, -0.15) is 0 Å². The first-order chi connectivity index (χ1) is 9.32. The largest absolute Gasteiger partial charge is 0.404 e. The second-order valence-electron chi connectivity index (χ2n) is 6.64. The van der Waals surface area contributed by atoms with Gasteiger partial charge < -0.3 is 20.9 Å². The standard InChI is InChI=1S/C16H28N2O2/c1-10(2)16(11(3)4)13(12(5)8-17)14(18)15(20-16)6-7-19-9-15/h8,10-11H,6-7,9,17-18H2,1-5H3/b12-8-. The van der Waals surface area contributed by atoms with Gasteiger partial charge in [0.25, 0.3) is 0 Å². The minimum Gasteiger partial charge on any atom is -0.404 e. The Hall–Kier alpha value is -1.00. The van der Waals surface area contributed by atoms with Crippen LogP contribution in [-0.4, -0.2) is 24.4 Å². The van der Waals surface area contributed by atoms with E-state index in [4.69, 9.17) is 20.9 Å². The maximum absolute atomic E-state index is 6.65. The molecule has 4 nitrogen and oxygen atoms in total. The maximum Gasteiger partial charge on any atom is 0.134 e. The third-order valence-electron chi connectivity index (χ3n) is 4.86. The Bertz CT molecular complexity index is 435. The number of ether oxygens (including phenoxy) is 2. The zero-order valence-corrected chi connectivity index (χ0v) is 13.3. The first kappa shape index (κ1) is 15.4. The van der Waals surface area contributed by atoms with Gasteiger partial charge in [-0.05, 0) is 30.5 Å². The number of nitrogens with two attached hydrogens (primary N) is 2. The molecule has 2 heterocycles. The lowest BCUT2D eigenvalue weighted by atomic mass is 9.72. The van der Waals surface area contributed by atoms with Crippen molar-refractivity contribution in [1.29, 1.82) is 0 Å². The second kappa shape index (κ2) is 5.08. The summed E-state index contributed by atoms with van der Waals surface area (Å²) in [4.78, 5) is 0. The van der Waals surface area contributed by atoms with Crippen LogP contribution < -0.4 is 11.5 Å². The monoisotopic (exact) mass is 280 g/mol. The maximum atomic E-state index is 6.65. The molecule has 2 aliphatic heterocycles. The van der Waals surface area contributed by atoms with Crippen LogP contribution in [0.25, 0.3) is 0 Å². The van der Waals surface area contributed by atoms with Gasteiger partial charge in [0.1, 0.15) is 11.2 Å². The van der Waals surface area contributed by atoms with E-state index in [9.17, 15) is 0 Å². The summed E-state index contributed by atoms with van der Waals surface area (Å²) in [6, 6.07) is 0. The fourth-order valence-corrected chi connectivity index (χ4v) is 3.79. The molecule has 1 spiro atoms. The summed E-state index contributed by atoms with van der Waals surface area (Å²) in [7, 11) is 0. The highest BCUT2D eigenvalue weighted by Gasteiger charge is 2.58. The molecular weight excluding hydrogens is 252 g/mol. The summed E-state index contributed by atoms with van der Waals surface area (Å²) in [6.45, 7) is 12.0. The fraction of sp³-hybridized carbons (Fsp3) is 0.750. The van der Waals surface area contributed by atoms with Gasteiger partial charge >= 0.3 is 0 Å². The molecule has 1 atom stereocenters. The van der Waals surface area contributed by atoms with Crippen LogP contribution in [0.1, 0.15) is 41.0 Å². The predicted molar refractivity (Wildman–Crippen MR) is 80.8 cm³/mol. The zero-order valence-electron chi connectivity index (χ0n) is 13.3. The minimum atomic E-state index is -0.464. The molecule has 114 valence electrons. The molecular formula is C16H28N2O2. The van der Waals surface area contributed by atoms with E-state index in [1.54, 1.807) is 6.20 Å². The van der Waals surface area contributed by atoms with E-state index in [1.165, 1.54) is 0 Å². The highest BCUT2D eigenvalue weighted by Crippen LogP contribution is 2.53. The summed E-state index contributed by atoms with van der Waals surface area (Å²) < 4.78 is 12.2. The summed E-state index contributed by atoms with van der Waals surface area (Å²) >= 11 is 0. The van der Waals surface area contributed by atoms with Gasteiger partial charge in [0, 0.05) is 24.3 Å². The van der Waals surface area contributed by atoms with Crippen LogP contribution in [-0.2, 0) is 9.47 Å². The van der Waals surface area contributed by atoms with Crippen LogP contribution in [0.5, 0.6) is 0 Å². The second-order valence-corrected chi connectivity index (χ2v) is 6.64. The molecule has 1 fully saturated rings. The van der Waals surface area contributed by atoms with Gasteiger partial charge in [0.05, 0.1) is 6.61 Å². The van der Waals surface area contributed by atoms with Crippen molar-refractivity contribution in [3.63, 3.8) is 0 Å². The predicted octanol–water partition coefficient (Wildman–Crippen LogP) is 2.30. The van der Waals surface area contributed by atoms with E-state index in [0.717, 1.165) is 23.3 Å². The lowest BCUT2D eigenvalue weighted by Gasteiger charge is -2.42. The SMILES string of the molecule is C/C(=C/N)C1=C(N)C2(CCOC2)OC1(C(C)C)C(C)C. The highest BCUT2D eigenvalue weighted by molar-refractivity contribution is 5.48. The Morgan fingerprint density at radius 1 is 1.25 bits per heavy atom. The van der Waals surface area contributed by atoms with Crippen molar-refractivity contribution < 1.29 is 9.47 Å². The van der Waals surface area contributed by atoms with E-state index in [2.05, 4.69) is 27.7 Å². The average molecular weight is 280 g/mol. The molecule has 0 radical (unpaired) electrons. The smallest absolute Gasteiger partial charge is 0.134 e. The molecule has 1 saturated heterocycles. The summed E-state index contributed by atoms with van der Waals surface area (Å²) in [6.07, 6.45) is 2.46. The van der Waals surface area contributed by atoms with Crippen molar-refractivity contribution in [3.05, 3.63) is 23.0 Å². The van der Waals surface area contributed by atoms with Crippen LogP contribution in [0, 0.1) is 11.8 Å². The van der Waals surface area contributed by atoms with Gasteiger partial charge in [-0.3, -0.25) is 0 Å². The van der Waals surface area contributed by atoms with Crippen LogP contribution >= 0.6 is 0 Å². The van der Waals surface area contributed by atoms with Crippen molar-refractivity contribution in [2.45, 2.75) is 52.2 Å². The third-order valence-corrected chi connectivity index (χ3v) is 4.86. The van der Waals surface area contributed by atoms with Crippen LogP contribution in [0.3, 0.4) is 0 Å². The lowest BCUT2D eigenvalue weighted by Crippen LogP contribution is -2.47. The van der Waals surface area contributed by atoms with E-state index >= 15 is 0 Å². The van der Waals surface area contributed by atoms with Gasteiger partial charge in [-0.1, -0.05) is 27.7 Å². The van der Waals surface area contributed by atoms with E-state index in [-0.39, 0.29) is 0 Å². The highest BCUT2D eigenvalue weighted by atomic mass is 16.6. The van der Waals surface area contributed by atoms with Gasteiger partial charge in [-0.15, -0.1) is 0 Å². The Labute approximate surface area is 122 Å². The Kier molecular flexibility index (Phi) is 3.91. The van der Waals surface area contributed by atoms with Crippen molar-refractivity contribution in [1.82, 2.24) is 0 Å². The van der Waals surface area contributed by atoms with E-state index < -0.39 is 11.2 Å². The van der Waals surface area contributed by atoms with Gasteiger partial charge in [-0.25, -0.2) is 0 Å². The van der Waals surface area contributed by atoms with Crippen LogP contribution in [0.4, 0.5) is 0 Å². The minimum absolute atomic E-state index is 0.311. The number of hydrogen-bond donors (Lipinski definition) is 2. The zero-order chi connectivity index (χ0) is 15.1. The topological polar surface area (TPSA) is 70.5 Å². The molecule has 0 bridgehead atoms. The normalized spacial score (nSPS) is 30.2. The van der Waals surface area contributed by atoms with Crippen molar-refractivity contribution in [3.8, 4) is 0 Å². The quantitative estimate of drug-likeness (QED) is 0.832. The Morgan fingerprint density at radius 2 is 1.85 bits per heavy atom. The average Bonchev–Trinajstić information content (AvgIpc) is 2.95. The lowest BCUT2D eigenvalue weighted by molar-refractivity contribution is -0.139. The summed E-state index contributed by atoms with van der Waals surface area (Å²) in [5.74, 6) is 0.622. The van der Waals surface area contributed by atoms with Crippen LogP contribution in [0.15, 0.2) is 23.0 Å². The molecule has 4 heteroatoms. The summed E-state index contributed by atoms with van der Waals surface area (Å²) in [5, 5.41) is 0. The molecule has 0 amide bonds. The third kappa shape index (κ3) is 1.89. The molecule has 1 unspecified atom stereocenters. The fourth-order valence-electron chi connectivity index (χ4n) is 3.79. The summed E-state index contributed by atoms with van der Waals surface area (Å²) in [5.41, 5.74) is 14.4. The van der Waals surface area contributed by atoms with Crippen LogP contribution in [0.2, 0.25) is 0 Å². The van der Waals surface area contributed by atoms with Gasteiger partial charge in [0.15, 0.2) is 0 Å². The van der Waals surface area contributed by atoms with Crippen molar-refractivity contribution in [2.75, 3.05) is 13.2 Å². The number of rotatable bonds is 3. The Morgan fingerprint density at radius 3 is 2.25 bits per heavy atom. The molecule has 0 aromatic rings. The molecule has 0 saturated carbocycles. The van der Waals surface area contributed by atoms with Crippen molar-refractivity contribution in [2.24, 2.45) is 23.3 Å². The van der Waals surface area contributed by atoms with Gasteiger partial charge in [0.2, 0.25) is 0 Å². The first-order valence-corrected chi connectivity index (χ1v) is 7.49.